The maximum atomic E-state index is 12.1. The summed E-state index contributed by atoms with van der Waals surface area (Å²) in [6.45, 7) is 10.1. The van der Waals surface area contributed by atoms with Gasteiger partial charge in [0.2, 0.25) is 0 Å². The van der Waals surface area contributed by atoms with Gasteiger partial charge >= 0.3 is 12.1 Å². The van der Waals surface area contributed by atoms with E-state index in [2.05, 4.69) is 10.3 Å². The Labute approximate surface area is 147 Å². The van der Waals surface area contributed by atoms with Crippen molar-refractivity contribution in [1.82, 2.24) is 10.3 Å². The number of nitrogens with one attached hydrogen (secondary N) is 2. The van der Waals surface area contributed by atoms with Gasteiger partial charge in [-0.3, -0.25) is 0 Å². The third-order valence-electron chi connectivity index (χ3n) is 3.77. The van der Waals surface area contributed by atoms with Crippen LogP contribution < -0.4 is 5.32 Å². The van der Waals surface area contributed by atoms with Gasteiger partial charge in [0.1, 0.15) is 5.60 Å². The summed E-state index contributed by atoms with van der Waals surface area (Å²) in [6, 6.07) is 5.48. The summed E-state index contributed by atoms with van der Waals surface area (Å²) in [5, 5.41) is 3.66. The smallest absolute Gasteiger partial charge is 0.407 e. The van der Waals surface area contributed by atoms with Crippen LogP contribution in [0.2, 0.25) is 0 Å². The molecule has 25 heavy (non-hydrogen) atoms. The number of H-pyrrole nitrogens is 1. The zero-order valence-corrected chi connectivity index (χ0v) is 15.5. The second kappa shape index (κ2) is 7.59. The first-order chi connectivity index (χ1) is 11.7. The van der Waals surface area contributed by atoms with Crippen molar-refractivity contribution in [2.75, 3.05) is 13.2 Å². The molecule has 0 bridgehead atoms. The molecule has 1 heterocycles. The van der Waals surface area contributed by atoms with Crippen molar-refractivity contribution in [2.24, 2.45) is 0 Å². The Morgan fingerprint density at radius 1 is 1.20 bits per heavy atom. The highest BCUT2D eigenvalue weighted by atomic mass is 16.6. The second-order valence-electron chi connectivity index (χ2n) is 7.05. The number of carbonyl (C=O) groups excluding carboxylic acids is 2. The van der Waals surface area contributed by atoms with Crippen LogP contribution in [-0.2, 0) is 9.47 Å². The molecule has 1 aromatic carbocycles. The molecular weight excluding hydrogens is 320 g/mol. The summed E-state index contributed by atoms with van der Waals surface area (Å²) in [4.78, 5) is 26.9. The first-order valence-electron chi connectivity index (χ1n) is 8.40. The van der Waals surface area contributed by atoms with Crippen molar-refractivity contribution in [3.63, 3.8) is 0 Å². The van der Waals surface area contributed by atoms with Crippen molar-refractivity contribution in [1.29, 1.82) is 0 Å². The molecule has 0 saturated carbocycles. The third-order valence-corrected chi connectivity index (χ3v) is 3.77. The standard InChI is InChI=1S/C19H26N2O4/c1-12-13(2)21-16-8-7-14(11-15(12)16)17(22)24-10-6-9-20-18(23)25-19(3,4)5/h7-8,11,21H,6,9-10H2,1-5H3,(H,20,23). The molecule has 0 spiro atoms. The highest BCUT2D eigenvalue weighted by molar-refractivity contribution is 5.96. The number of ether oxygens (including phenoxy) is 2. The number of hydrogen-bond acceptors (Lipinski definition) is 4. The number of amides is 1. The number of carbonyl (C=O) groups is 2. The number of aryl methyl sites for hydroxylation is 2. The zero-order chi connectivity index (χ0) is 18.6. The van der Waals surface area contributed by atoms with Crippen LogP contribution in [0, 0.1) is 13.8 Å². The molecule has 0 saturated heterocycles. The lowest BCUT2D eigenvalue weighted by atomic mass is 10.1. The van der Waals surface area contributed by atoms with Gasteiger partial charge in [-0.25, -0.2) is 9.59 Å². The molecule has 1 amide bonds. The van der Waals surface area contributed by atoms with E-state index < -0.39 is 11.7 Å². The lowest BCUT2D eigenvalue weighted by molar-refractivity contribution is 0.0483. The largest absolute Gasteiger partial charge is 0.462 e. The normalized spacial score (nSPS) is 11.4. The molecule has 2 N–H and O–H groups in total. The number of hydrogen-bond donors (Lipinski definition) is 2. The van der Waals surface area contributed by atoms with Crippen LogP contribution >= 0.6 is 0 Å². The predicted molar refractivity (Wildman–Crippen MR) is 96.9 cm³/mol. The van der Waals surface area contributed by atoms with Crippen molar-refractivity contribution in [2.45, 2.75) is 46.6 Å². The first kappa shape index (κ1) is 18.8. The number of rotatable bonds is 5. The fourth-order valence-corrected chi connectivity index (χ4v) is 2.41. The Hall–Kier alpha value is -2.50. The minimum atomic E-state index is -0.524. The third kappa shape index (κ3) is 5.24. The van der Waals surface area contributed by atoms with Crippen LogP contribution in [0.25, 0.3) is 10.9 Å². The van der Waals surface area contributed by atoms with Crippen LogP contribution in [0.1, 0.15) is 48.8 Å². The van der Waals surface area contributed by atoms with Gasteiger partial charge in [0.25, 0.3) is 0 Å². The number of benzene rings is 1. The second-order valence-corrected chi connectivity index (χ2v) is 7.05. The highest BCUT2D eigenvalue weighted by Crippen LogP contribution is 2.22. The van der Waals surface area contributed by atoms with E-state index in [1.165, 1.54) is 0 Å². The van der Waals surface area contributed by atoms with Gasteiger partial charge in [0.15, 0.2) is 0 Å². The number of aromatic nitrogens is 1. The molecule has 0 radical (unpaired) electrons. The molecule has 0 atom stereocenters. The summed E-state index contributed by atoms with van der Waals surface area (Å²) in [7, 11) is 0. The Kier molecular flexibility index (Phi) is 5.72. The quantitative estimate of drug-likeness (QED) is 0.636. The molecule has 2 rings (SSSR count). The lowest BCUT2D eigenvalue weighted by Crippen LogP contribution is -2.33. The summed E-state index contributed by atoms with van der Waals surface area (Å²) in [6.07, 6.45) is 0.0535. The van der Waals surface area contributed by atoms with Crippen LogP contribution in [-0.4, -0.2) is 35.8 Å². The minimum Gasteiger partial charge on any atom is -0.462 e. The molecule has 1 aromatic heterocycles. The van der Waals surface area contributed by atoms with E-state index in [9.17, 15) is 9.59 Å². The van der Waals surface area contributed by atoms with Gasteiger partial charge < -0.3 is 19.8 Å². The number of aromatic amines is 1. The van der Waals surface area contributed by atoms with E-state index >= 15 is 0 Å². The Balaban J connectivity index is 1.79. The van der Waals surface area contributed by atoms with Crippen LogP contribution in [0.15, 0.2) is 18.2 Å². The fraction of sp³-hybridized carbons (Fsp3) is 0.474. The number of fused-ring (bicyclic) bond motifs is 1. The first-order valence-corrected chi connectivity index (χ1v) is 8.40. The molecular formula is C19H26N2O4. The monoisotopic (exact) mass is 346 g/mol. The number of esters is 1. The fourth-order valence-electron chi connectivity index (χ4n) is 2.41. The number of alkyl carbamates (subject to hydrolysis) is 1. The average molecular weight is 346 g/mol. The zero-order valence-electron chi connectivity index (χ0n) is 15.5. The summed E-state index contributed by atoms with van der Waals surface area (Å²) >= 11 is 0. The summed E-state index contributed by atoms with van der Waals surface area (Å²) in [5.74, 6) is -0.363. The van der Waals surface area contributed by atoms with Gasteiger partial charge in [0.05, 0.1) is 12.2 Å². The Bertz CT molecular complexity index is 772. The van der Waals surface area contributed by atoms with E-state index in [1.54, 1.807) is 26.8 Å². The van der Waals surface area contributed by atoms with E-state index in [4.69, 9.17) is 9.47 Å². The molecule has 136 valence electrons. The summed E-state index contributed by atoms with van der Waals surface area (Å²) in [5.41, 5.74) is 3.23. The molecule has 0 aliphatic rings. The van der Waals surface area contributed by atoms with Crippen LogP contribution in [0.3, 0.4) is 0 Å². The van der Waals surface area contributed by atoms with E-state index in [1.807, 2.05) is 26.0 Å². The van der Waals surface area contributed by atoms with Gasteiger partial charge in [-0.1, -0.05) is 0 Å². The van der Waals surface area contributed by atoms with Crippen molar-refractivity contribution >= 4 is 23.0 Å². The molecule has 2 aromatic rings. The highest BCUT2D eigenvalue weighted by Gasteiger charge is 2.15. The maximum absolute atomic E-state index is 12.1. The molecule has 0 fully saturated rings. The summed E-state index contributed by atoms with van der Waals surface area (Å²) < 4.78 is 10.4. The molecule has 6 heteroatoms. The Morgan fingerprint density at radius 3 is 2.60 bits per heavy atom. The lowest BCUT2D eigenvalue weighted by Gasteiger charge is -2.19. The van der Waals surface area contributed by atoms with Crippen molar-refractivity contribution in [3.8, 4) is 0 Å². The molecule has 0 aliphatic heterocycles. The minimum absolute atomic E-state index is 0.234. The van der Waals surface area contributed by atoms with E-state index in [0.717, 1.165) is 22.2 Å². The SMILES string of the molecule is Cc1[nH]c2ccc(C(=O)OCCCNC(=O)OC(C)(C)C)cc2c1C. The topological polar surface area (TPSA) is 80.4 Å². The molecule has 0 unspecified atom stereocenters. The molecule has 0 aliphatic carbocycles. The Morgan fingerprint density at radius 2 is 1.92 bits per heavy atom. The molecule has 6 nitrogen and oxygen atoms in total. The van der Waals surface area contributed by atoms with Gasteiger partial charge in [-0.15, -0.1) is 0 Å². The van der Waals surface area contributed by atoms with E-state index in [-0.39, 0.29) is 12.6 Å². The van der Waals surface area contributed by atoms with Crippen LogP contribution in [0.5, 0.6) is 0 Å². The van der Waals surface area contributed by atoms with E-state index in [0.29, 0.717) is 18.5 Å². The predicted octanol–water partition coefficient (Wildman–Crippen LogP) is 3.86. The van der Waals surface area contributed by atoms with Crippen molar-refractivity contribution < 1.29 is 19.1 Å². The average Bonchev–Trinajstić information content (AvgIpc) is 2.79. The van der Waals surface area contributed by atoms with Gasteiger partial charge in [0, 0.05) is 23.1 Å². The van der Waals surface area contributed by atoms with Gasteiger partial charge in [-0.2, -0.15) is 0 Å². The van der Waals surface area contributed by atoms with Crippen LogP contribution in [0.4, 0.5) is 4.79 Å². The maximum Gasteiger partial charge on any atom is 0.407 e. The van der Waals surface area contributed by atoms with Gasteiger partial charge in [-0.05, 0) is 64.8 Å². The van der Waals surface area contributed by atoms with Crippen molar-refractivity contribution in [3.05, 3.63) is 35.0 Å².